The van der Waals surface area contributed by atoms with Gasteiger partial charge in [0.05, 0.1) is 18.1 Å². The first-order chi connectivity index (χ1) is 10.3. The lowest BCUT2D eigenvalue weighted by Crippen LogP contribution is -2.42. The van der Waals surface area contributed by atoms with E-state index >= 15 is 0 Å². The van der Waals surface area contributed by atoms with Crippen LogP contribution in [0.5, 0.6) is 5.75 Å². The van der Waals surface area contributed by atoms with Crippen molar-refractivity contribution in [1.82, 2.24) is 9.97 Å². The molecule has 2 aromatic heterocycles. The average molecular weight is 284 g/mol. The maximum absolute atomic E-state index is 6.03. The first kappa shape index (κ1) is 13.8. The molecule has 0 aliphatic carbocycles. The second-order valence-electron chi connectivity index (χ2n) is 5.38. The van der Waals surface area contributed by atoms with Crippen molar-refractivity contribution >= 4 is 5.69 Å². The minimum Gasteiger partial charge on any atom is -0.487 e. The van der Waals surface area contributed by atoms with Crippen LogP contribution in [-0.4, -0.2) is 29.1 Å². The first-order valence-corrected chi connectivity index (χ1v) is 7.28. The molecule has 2 aromatic rings. The molecule has 1 unspecified atom stereocenters. The molecule has 5 nitrogen and oxygen atoms in total. The van der Waals surface area contributed by atoms with Crippen LogP contribution in [-0.2, 0) is 6.61 Å². The molecule has 0 saturated carbocycles. The largest absolute Gasteiger partial charge is 0.487 e. The maximum Gasteiger partial charge on any atom is 0.140 e. The number of nitrogens with zero attached hydrogens (tertiary/aromatic N) is 3. The van der Waals surface area contributed by atoms with Crippen LogP contribution in [0.3, 0.4) is 0 Å². The van der Waals surface area contributed by atoms with Crippen molar-refractivity contribution in [2.45, 2.75) is 25.5 Å². The predicted octanol–water partition coefficient (Wildman–Crippen LogP) is 1.98. The fraction of sp³-hybridized carbons (Fsp3) is 0.375. The summed E-state index contributed by atoms with van der Waals surface area (Å²) in [6.07, 6.45) is 9.40. The van der Waals surface area contributed by atoms with Crippen LogP contribution in [0.1, 0.15) is 18.4 Å². The van der Waals surface area contributed by atoms with Crippen LogP contribution in [0, 0.1) is 0 Å². The van der Waals surface area contributed by atoms with Crippen molar-refractivity contribution in [3.63, 3.8) is 0 Å². The Morgan fingerprint density at radius 1 is 1.29 bits per heavy atom. The summed E-state index contributed by atoms with van der Waals surface area (Å²) in [7, 11) is 0. The molecule has 3 rings (SSSR count). The highest BCUT2D eigenvalue weighted by molar-refractivity contribution is 5.48. The van der Waals surface area contributed by atoms with Crippen molar-refractivity contribution in [2.24, 2.45) is 5.73 Å². The summed E-state index contributed by atoms with van der Waals surface area (Å²) in [5, 5.41) is 0. The van der Waals surface area contributed by atoms with Crippen LogP contribution in [0.2, 0.25) is 0 Å². The van der Waals surface area contributed by atoms with Gasteiger partial charge in [0, 0.05) is 43.2 Å². The van der Waals surface area contributed by atoms with Gasteiger partial charge in [0.25, 0.3) is 0 Å². The molecule has 21 heavy (non-hydrogen) atoms. The zero-order chi connectivity index (χ0) is 14.5. The van der Waals surface area contributed by atoms with Crippen molar-refractivity contribution < 1.29 is 4.74 Å². The molecule has 5 heteroatoms. The highest BCUT2D eigenvalue weighted by Crippen LogP contribution is 2.23. The van der Waals surface area contributed by atoms with E-state index in [4.69, 9.17) is 10.5 Å². The fourth-order valence-corrected chi connectivity index (χ4v) is 2.55. The third-order valence-electron chi connectivity index (χ3n) is 3.65. The standard InChI is InChI=1S/C16H20N4O/c17-14-4-2-6-20(11-14)15-7-16(10-19-9-15)21-12-13-3-1-5-18-8-13/h1,3,5,7-10,14H,2,4,6,11-12,17H2. The van der Waals surface area contributed by atoms with Gasteiger partial charge in [-0.1, -0.05) is 6.07 Å². The van der Waals surface area contributed by atoms with E-state index in [1.54, 1.807) is 18.6 Å². The van der Waals surface area contributed by atoms with Gasteiger partial charge in [0.2, 0.25) is 0 Å². The fourth-order valence-electron chi connectivity index (χ4n) is 2.55. The summed E-state index contributed by atoms with van der Waals surface area (Å²) < 4.78 is 5.79. The van der Waals surface area contributed by atoms with E-state index in [2.05, 4.69) is 14.9 Å². The summed E-state index contributed by atoms with van der Waals surface area (Å²) in [5.41, 5.74) is 8.16. The van der Waals surface area contributed by atoms with Gasteiger partial charge in [0.15, 0.2) is 0 Å². The van der Waals surface area contributed by atoms with Crippen LogP contribution < -0.4 is 15.4 Å². The van der Waals surface area contributed by atoms with Crippen molar-refractivity contribution in [3.05, 3.63) is 48.5 Å². The molecule has 0 bridgehead atoms. The second kappa shape index (κ2) is 6.54. The van der Waals surface area contributed by atoms with E-state index in [0.29, 0.717) is 6.61 Å². The lowest BCUT2D eigenvalue weighted by Gasteiger charge is -2.32. The average Bonchev–Trinajstić information content (AvgIpc) is 2.54. The molecular weight excluding hydrogens is 264 g/mol. The molecule has 1 atom stereocenters. The van der Waals surface area contributed by atoms with E-state index in [1.807, 2.05) is 24.4 Å². The molecule has 1 fully saturated rings. The Morgan fingerprint density at radius 3 is 3.05 bits per heavy atom. The molecule has 110 valence electrons. The lowest BCUT2D eigenvalue weighted by atomic mass is 10.1. The van der Waals surface area contributed by atoms with Gasteiger partial charge in [0.1, 0.15) is 12.4 Å². The number of piperidine rings is 1. The minimum absolute atomic E-state index is 0.249. The number of rotatable bonds is 4. The Bertz CT molecular complexity index is 575. The SMILES string of the molecule is NC1CCCN(c2cncc(OCc3cccnc3)c2)C1. The summed E-state index contributed by atoms with van der Waals surface area (Å²) in [6, 6.07) is 6.18. The van der Waals surface area contributed by atoms with Gasteiger partial charge in [-0.25, -0.2) is 0 Å². The second-order valence-corrected chi connectivity index (χ2v) is 5.38. The predicted molar refractivity (Wildman–Crippen MR) is 82.2 cm³/mol. The molecule has 0 spiro atoms. The zero-order valence-electron chi connectivity index (χ0n) is 12.0. The van der Waals surface area contributed by atoms with Crippen molar-refractivity contribution in [3.8, 4) is 5.75 Å². The number of anilines is 1. The van der Waals surface area contributed by atoms with E-state index in [9.17, 15) is 0 Å². The summed E-state index contributed by atoms with van der Waals surface area (Å²) in [4.78, 5) is 10.6. The molecule has 0 aromatic carbocycles. The number of hydrogen-bond donors (Lipinski definition) is 1. The topological polar surface area (TPSA) is 64.3 Å². The lowest BCUT2D eigenvalue weighted by molar-refractivity contribution is 0.304. The smallest absolute Gasteiger partial charge is 0.140 e. The highest BCUT2D eigenvalue weighted by atomic mass is 16.5. The quantitative estimate of drug-likeness (QED) is 0.930. The summed E-state index contributed by atoms with van der Waals surface area (Å²) in [5.74, 6) is 0.774. The Hall–Kier alpha value is -2.14. The number of pyridine rings is 2. The molecule has 1 aliphatic heterocycles. The normalized spacial score (nSPS) is 18.5. The van der Waals surface area contributed by atoms with Crippen LogP contribution in [0.25, 0.3) is 0 Å². The molecule has 3 heterocycles. The van der Waals surface area contributed by atoms with Crippen molar-refractivity contribution in [1.29, 1.82) is 0 Å². The molecule has 0 amide bonds. The van der Waals surface area contributed by atoms with Gasteiger partial charge in [-0.2, -0.15) is 0 Å². The highest BCUT2D eigenvalue weighted by Gasteiger charge is 2.17. The molecule has 2 N–H and O–H groups in total. The van der Waals surface area contributed by atoms with E-state index in [0.717, 1.165) is 42.9 Å². The molecule has 0 radical (unpaired) electrons. The molecular formula is C16H20N4O. The zero-order valence-corrected chi connectivity index (χ0v) is 12.0. The number of ether oxygens (including phenoxy) is 1. The van der Waals surface area contributed by atoms with Gasteiger partial charge in [-0.3, -0.25) is 9.97 Å². The van der Waals surface area contributed by atoms with Gasteiger partial charge >= 0.3 is 0 Å². The first-order valence-electron chi connectivity index (χ1n) is 7.28. The summed E-state index contributed by atoms with van der Waals surface area (Å²) >= 11 is 0. The van der Waals surface area contributed by atoms with E-state index in [1.165, 1.54) is 0 Å². The van der Waals surface area contributed by atoms with E-state index in [-0.39, 0.29) is 6.04 Å². The van der Waals surface area contributed by atoms with Gasteiger partial charge in [-0.05, 0) is 18.9 Å². The third kappa shape index (κ3) is 3.70. The maximum atomic E-state index is 6.03. The monoisotopic (exact) mass is 284 g/mol. The van der Waals surface area contributed by atoms with Gasteiger partial charge < -0.3 is 15.4 Å². The number of nitrogens with two attached hydrogens (primary N) is 1. The van der Waals surface area contributed by atoms with Crippen LogP contribution in [0.15, 0.2) is 43.0 Å². The Balaban J connectivity index is 1.65. The Kier molecular flexibility index (Phi) is 4.31. The van der Waals surface area contributed by atoms with Crippen LogP contribution in [0.4, 0.5) is 5.69 Å². The minimum atomic E-state index is 0.249. The van der Waals surface area contributed by atoms with Gasteiger partial charge in [-0.15, -0.1) is 0 Å². The third-order valence-corrected chi connectivity index (χ3v) is 3.65. The molecule has 1 aliphatic rings. The van der Waals surface area contributed by atoms with E-state index < -0.39 is 0 Å². The summed E-state index contributed by atoms with van der Waals surface area (Å²) in [6.45, 7) is 2.41. The van der Waals surface area contributed by atoms with Crippen molar-refractivity contribution in [2.75, 3.05) is 18.0 Å². The Morgan fingerprint density at radius 2 is 2.24 bits per heavy atom. The Labute approximate surface area is 124 Å². The molecule has 1 saturated heterocycles. The number of aromatic nitrogens is 2. The number of hydrogen-bond acceptors (Lipinski definition) is 5. The van der Waals surface area contributed by atoms with Crippen LogP contribution >= 0.6 is 0 Å².